The van der Waals surface area contributed by atoms with Gasteiger partial charge in [-0.3, -0.25) is 0 Å². The highest BCUT2D eigenvalue weighted by molar-refractivity contribution is 6.31. The van der Waals surface area contributed by atoms with Crippen molar-refractivity contribution in [1.29, 1.82) is 0 Å². The first-order valence-electron chi connectivity index (χ1n) is 6.97. The summed E-state index contributed by atoms with van der Waals surface area (Å²) in [5.74, 6) is 0.305. The Balaban J connectivity index is 1.98. The molecule has 0 saturated carbocycles. The molecule has 0 radical (unpaired) electrons. The summed E-state index contributed by atoms with van der Waals surface area (Å²) >= 11 is 6.37. The predicted octanol–water partition coefficient (Wildman–Crippen LogP) is 2.93. The van der Waals surface area contributed by atoms with E-state index in [2.05, 4.69) is 18.0 Å². The van der Waals surface area contributed by atoms with Crippen LogP contribution in [0.25, 0.3) is 0 Å². The van der Waals surface area contributed by atoms with Crippen LogP contribution in [0.4, 0.5) is 0 Å². The molecule has 0 saturated heterocycles. The second-order valence-electron chi connectivity index (χ2n) is 5.46. The highest BCUT2D eigenvalue weighted by atomic mass is 35.5. The zero-order valence-electron chi connectivity index (χ0n) is 11.6. The molecular weight excluding hydrogens is 272 g/mol. The molecule has 106 valence electrons. The van der Waals surface area contributed by atoms with Gasteiger partial charge in [0.15, 0.2) is 5.88 Å². The quantitative estimate of drug-likeness (QED) is 0.921. The normalized spacial score (nSPS) is 15.9. The second kappa shape index (κ2) is 5.51. The number of aromatic hydroxyl groups is 1. The minimum atomic E-state index is 0.305. The van der Waals surface area contributed by atoms with Gasteiger partial charge in [-0.2, -0.15) is 0 Å². The lowest BCUT2D eigenvalue weighted by Crippen LogP contribution is -2.20. The van der Waals surface area contributed by atoms with Gasteiger partial charge in [-0.05, 0) is 54.8 Å². The van der Waals surface area contributed by atoms with Gasteiger partial charge in [0.25, 0.3) is 0 Å². The lowest BCUT2D eigenvalue weighted by atomic mass is 9.97. The second-order valence-corrected chi connectivity index (χ2v) is 5.87. The average molecular weight is 291 g/mol. The summed E-state index contributed by atoms with van der Waals surface area (Å²) in [5, 5.41) is 10.7. The van der Waals surface area contributed by atoms with Gasteiger partial charge in [0.2, 0.25) is 0 Å². The van der Waals surface area contributed by atoms with E-state index in [0.717, 1.165) is 31.0 Å². The van der Waals surface area contributed by atoms with Crippen LogP contribution in [0.5, 0.6) is 5.88 Å². The molecule has 0 atom stereocenters. The van der Waals surface area contributed by atoms with Crippen molar-refractivity contribution in [2.24, 2.45) is 0 Å². The third kappa shape index (κ3) is 2.56. The molecule has 0 unspecified atom stereocenters. The van der Waals surface area contributed by atoms with Crippen LogP contribution in [0.1, 0.15) is 16.7 Å². The third-order valence-corrected chi connectivity index (χ3v) is 4.46. The molecule has 3 nitrogen and oxygen atoms in total. The first-order valence-corrected chi connectivity index (χ1v) is 7.34. The van der Waals surface area contributed by atoms with Gasteiger partial charge in [-0.25, -0.2) is 0 Å². The van der Waals surface area contributed by atoms with Crippen LogP contribution in [0, 0.1) is 0 Å². The number of rotatable bonds is 2. The molecule has 2 aromatic rings. The number of likely N-dealkylation sites (N-methyl/N-ethyl adjacent to an activating group) is 1. The van der Waals surface area contributed by atoms with Gasteiger partial charge >= 0.3 is 0 Å². The third-order valence-electron chi connectivity index (χ3n) is 4.10. The van der Waals surface area contributed by atoms with E-state index in [0.29, 0.717) is 12.4 Å². The van der Waals surface area contributed by atoms with E-state index in [9.17, 15) is 5.11 Å². The van der Waals surface area contributed by atoms with Gasteiger partial charge < -0.3 is 14.6 Å². The van der Waals surface area contributed by atoms with Crippen LogP contribution in [0.15, 0.2) is 30.5 Å². The van der Waals surface area contributed by atoms with Crippen LogP contribution in [0.3, 0.4) is 0 Å². The van der Waals surface area contributed by atoms with Crippen molar-refractivity contribution in [3.63, 3.8) is 0 Å². The Morgan fingerprint density at radius 1 is 1.15 bits per heavy atom. The molecule has 1 N–H and O–H groups in total. The Kier molecular flexibility index (Phi) is 3.72. The number of aromatic nitrogens is 1. The van der Waals surface area contributed by atoms with Gasteiger partial charge in [-0.1, -0.05) is 17.7 Å². The zero-order valence-corrected chi connectivity index (χ0v) is 12.4. The van der Waals surface area contributed by atoms with E-state index in [1.54, 1.807) is 6.07 Å². The first-order chi connectivity index (χ1) is 9.65. The first kappa shape index (κ1) is 13.5. The van der Waals surface area contributed by atoms with Crippen molar-refractivity contribution in [2.45, 2.75) is 19.4 Å². The lowest BCUT2D eigenvalue weighted by Gasteiger charge is -2.15. The van der Waals surface area contributed by atoms with Crippen LogP contribution >= 0.6 is 11.6 Å². The standard InChI is InChI=1S/C16H19ClN2O/c1-18-9-6-13-12(11-19-8-2-3-16(19)20)4-5-15(17)14(13)7-10-18/h2-5,8,20H,6-7,9-11H2,1H3. The summed E-state index contributed by atoms with van der Waals surface area (Å²) < 4.78 is 1.86. The fourth-order valence-electron chi connectivity index (χ4n) is 2.88. The molecule has 0 bridgehead atoms. The van der Waals surface area contributed by atoms with Crippen molar-refractivity contribution < 1.29 is 5.11 Å². The molecule has 0 spiro atoms. The van der Waals surface area contributed by atoms with Gasteiger partial charge in [0.05, 0.1) is 6.54 Å². The van der Waals surface area contributed by atoms with Crippen molar-refractivity contribution in [2.75, 3.05) is 20.1 Å². The summed E-state index contributed by atoms with van der Waals surface area (Å²) in [6.07, 6.45) is 3.92. The highest BCUT2D eigenvalue weighted by Crippen LogP contribution is 2.28. The molecule has 0 amide bonds. The van der Waals surface area contributed by atoms with Crippen LogP contribution in [-0.4, -0.2) is 34.7 Å². The number of benzene rings is 1. The molecule has 3 rings (SSSR count). The van der Waals surface area contributed by atoms with Crippen molar-refractivity contribution in [3.8, 4) is 5.88 Å². The summed E-state index contributed by atoms with van der Waals surface area (Å²) in [7, 11) is 2.15. The van der Waals surface area contributed by atoms with E-state index in [1.807, 2.05) is 22.9 Å². The fourth-order valence-corrected chi connectivity index (χ4v) is 3.15. The molecule has 1 aromatic carbocycles. The topological polar surface area (TPSA) is 28.4 Å². The van der Waals surface area contributed by atoms with Crippen LogP contribution in [-0.2, 0) is 19.4 Å². The summed E-state index contributed by atoms with van der Waals surface area (Å²) in [4.78, 5) is 2.34. The SMILES string of the molecule is CN1CCc2c(Cl)ccc(Cn3cccc3O)c2CC1. The van der Waals surface area contributed by atoms with E-state index in [1.165, 1.54) is 16.7 Å². The lowest BCUT2D eigenvalue weighted by molar-refractivity contribution is 0.352. The Labute approximate surface area is 124 Å². The Morgan fingerprint density at radius 3 is 2.60 bits per heavy atom. The molecule has 4 heteroatoms. The summed E-state index contributed by atoms with van der Waals surface area (Å²) in [5.41, 5.74) is 3.89. The molecular formula is C16H19ClN2O. The van der Waals surface area contributed by atoms with Crippen LogP contribution < -0.4 is 0 Å². The molecule has 0 aliphatic carbocycles. The minimum absolute atomic E-state index is 0.305. The molecule has 20 heavy (non-hydrogen) atoms. The highest BCUT2D eigenvalue weighted by Gasteiger charge is 2.17. The maximum Gasteiger partial charge on any atom is 0.191 e. The molecule has 2 heterocycles. The number of nitrogens with zero attached hydrogens (tertiary/aromatic N) is 2. The van der Waals surface area contributed by atoms with Gasteiger partial charge in [0.1, 0.15) is 0 Å². The van der Waals surface area contributed by atoms with E-state index in [-0.39, 0.29) is 0 Å². The van der Waals surface area contributed by atoms with Gasteiger partial charge in [-0.15, -0.1) is 0 Å². The number of fused-ring (bicyclic) bond motifs is 1. The fraction of sp³-hybridized carbons (Fsp3) is 0.375. The van der Waals surface area contributed by atoms with Gasteiger partial charge in [0, 0.05) is 24.3 Å². The van der Waals surface area contributed by atoms with Crippen molar-refractivity contribution in [1.82, 2.24) is 9.47 Å². The maximum atomic E-state index is 9.80. The Bertz CT molecular complexity index is 621. The molecule has 1 aromatic heterocycles. The van der Waals surface area contributed by atoms with E-state index < -0.39 is 0 Å². The Hall–Kier alpha value is -1.45. The summed E-state index contributed by atoms with van der Waals surface area (Å²) in [6, 6.07) is 7.65. The van der Waals surface area contributed by atoms with Crippen molar-refractivity contribution in [3.05, 3.63) is 52.2 Å². The molecule has 1 aliphatic rings. The Morgan fingerprint density at radius 2 is 1.90 bits per heavy atom. The monoisotopic (exact) mass is 290 g/mol. The predicted molar refractivity (Wildman–Crippen MR) is 81.6 cm³/mol. The number of hydrogen-bond donors (Lipinski definition) is 1. The number of halogens is 1. The number of hydrogen-bond acceptors (Lipinski definition) is 2. The van der Waals surface area contributed by atoms with E-state index >= 15 is 0 Å². The maximum absolute atomic E-state index is 9.80. The average Bonchev–Trinajstić information content (AvgIpc) is 2.71. The largest absolute Gasteiger partial charge is 0.494 e. The molecule has 1 aliphatic heterocycles. The van der Waals surface area contributed by atoms with E-state index in [4.69, 9.17) is 11.6 Å². The van der Waals surface area contributed by atoms with Crippen molar-refractivity contribution >= 4 is 11.6 Å². The minimum Gasteiger partial charge on any atom is -0.494 e. The summed E-state index contributed by atoms with van der Waals surface area (Å²) in [6.45, 7) is 2.80. The zero-order chi connectivity index (χ0) is 14.1. The van der Waals surface area contributed by atoms with Crippen LogP contribution in [0.2, 0.25) is 5.02 Å². The smallest absolute Gasteiger partial charge is 0.191 e. The molecule has 0 fully saturated rings.